The number of hydrogen-bond acceptors (Lipinski definition) is 3. The zero-order valence-corrected chi connectivity index (χ0v) is 16.4. The van der Waals surface area contributed by atoms with Crippen LogP contribution in [0.1, 0.15) is 31.9 Å². The van der Waals surface area contributed by atoms with Gasteiger partial charge in [0.25, 0.3) is 5.91 Å². The van der Waals surface area contributed by atoms with E-state index in [-0.39, 0.29) is 17.6 Å². The molecule has 0 spiro atoms. The number of alkyl halides is 3. The summed E-state index contributed by atoms with van der Waals surface area (Å²) in [4.78, 5) is 14.4. The molecule has 1 unspecified atom stereocenters. The van der Waals surface area contributed by atoms with Gasteiger partial charge < -0.3 is 10.2 Å². The number of rotatable bonds is 6. The molecule has 3 N–H and O–H groups in total. The lowest BCUT2D eigenvalue weighted by atomic mass is 10.1. The first-order valence-corrected chi connectivity index (χ1v) is 9.42. The number of anilines is 1. The minimum atomic E-state index is -4.71. The number of hydrogen-bond donors (Lipinski definition) is 2. The van der Waals surface area contributed by atoms with E-state index in [4.69, 9.17) is 5.41 Å². The number of amides is 1. The molecule has 0 aliphatic carbocycles. The van der Waals surface area contributed by atoms with Gasteiger partial charge in [-0.1, -0.05) is 13.8 Å². The maximum atomic E-state index is 13.3. The summed E-state index contributed by atoms with van der Waals surface area (Å²) in [6, 6.07) is 5.29. The fraction of sp³-hybridized carbons (Fsp3) is 0.350. The van der Waals surface area contributed by atoms with Crippen LogP contribution in [-0.2, 0) is 4.79 Å². The molecule has 30 heavy (non-hydrogen) atoms. The molecule has 3 rings (SSSR count). The third-order valence-electron chi connectivity index (χ3n) is 4.85. The molecule has 1 aliphatic heterocycles. The van der Waals surface area contributed by atoms with Crippen LogP contribution in [0, 0.1) is 11.2 Å². The Morgan fingerprint density at radius 2 is 1.97 bits per heavy atom. The highest BCUT2D eigenvalue weighted by molar-refractivity contribution is 5.99. The van der Waals surface area contributed by atoms with Crippen LogP contribution in [0.4, 0.5) is 23.2 Å². The van der Waals surface area contributed by atoms with Gasteiger partial charge in [0.1, 0.15) is 11.5 Å². The molecule has 160 valence electrons. The Morgan fingerprint density at radius 1 is 1.30 bits per heavy atom. The number of aromatic nitrogens is 2. The van der Waals surface area contributed by atoms with Crippen LogP contribution in [0.5, 0.6) is 0 Å². The van der Waals surface area contributed by atoms with Crippen molar-refractivity contribution in [3.8, 4) is 5.69 Å². The fourth-order valence-electron chi connectivity index (χ4n) is 3.39. The second kappa shape index (κ2) is 8.39. The third-order valence-corrected chi connectivity index (χ3v) is 4.85. The van der Waals surface area contributed by atoms with Crippen molar-refractivity contribution in [2.24, 2.45) is 0 Å². The Morgan fingerprint density at radius 3 is 2.57 bits per heavy atom. The Hall–Kier alpha value is -3.01. The molecule has 1 fully saturated rings. The highest BCUT2D eigenvalue weighted by Gasteiger charge is 2.38. The highest BCUT2D eigenvalue weighted by atomic mass is 19.4. The van der Waals surface area contributed by atoms with E-state index in [0.717, 1.165) is 11.9 Å². The Labute approximate surface area is 170 Å². The highest BCUT2D eigenvalue weighted by Crippen LogP contribution is 2.32. The molecule has 2 heterocycles. The number of nitrogens with two attached hydrogens (primary N) is 1. The van der Waals surface area contributed by atoms with E-state index in [9.17, 15) is 22.4 Å². The zero-order valence-electron chi connectivity index (χ0n) is 16.4. The van der Waals surface area contributed by atoms with Crippen molar-refractivity contribution < 1.29 is 27.7 Å². The summed E-state index contributed by atoms with van der Waals surface area (Å²) in [5.41, 5.74) is 0.602. The van der Waals surface area contributed by atoms with Crippen molar-refractivity contribution in [2.75, 3.05) is 11.4 Å². The van der Waals surface area contributed by atoms with Crippen LogP contribution in [-0.4, -0.2) is 40.2 Å². The Bertz CT molecular complexity index is 963. The van der Waals surface area contributed by atoms with Gasteiger partial charge in [0.15, 0.2) is 6.04 Å². The van der Waals surface area contributed by atoms with Crippen LogP contribution in [0.2, 0.25) is 0 Å². The summed E-state index contributed by atoms with van der Waals surface area (Å²) in [6.07, 6.45) is -0.942. The van der Waals surface area contributed by atoms with Crippen molar-refractivity contribution >= 4 is 17.3 Å². The summed E-state index contributed by atoms with van der Waals surface area (Å²) in [5, 5.41) is 12.7. The average Bonchev–Trinajstić information content (AvgIpc) is 3.25. The summed E-state index contributed by atoms with van der Waals surface area (Å²) in [5.74, 6) is -0.591. The number of allylic oxidation sites excluding steroid dienone is 1. The zero-order chi connectivity index (χ0) is 22.1. The van der Waals surface area contributed by atoms with Gasteiger partial charge in [0, 0.05) is 19.0 Å². The quantitative estimate of drug-likeness (QED) is 0.553. The van der Waals surface area contributed by atoms with Gasteiger partial charge in [0.2, 0.25) is 0 Å². The molecule has 1 amide bonds. The first-order valence-electron chi connectivity index (χ1n) is 9.42. The molecule has 0 saturated carbocycles. The topological polar surface area (TPSA) is 78.6 Å². The molecule has 10 heteroatoms. The standard InChI is InChI=1S/C20H21F4N5O/c1-12(2)18-16(11-27-29(18)14-5-3-13(21)4-6-14)28-10-8-15(19(28)30)26-9-7-17(25)20(22,23)24/h3-7,9,11-12,15,25-26H,8,10H2,1-2H3/p+1. The van der Waals surface area contributed by atoms with Crippen LogP contribution in [0.3, 0.4) is 0 Å². The number of halogens is 4. The van der Waals surface area contributed by atoms with Gasteiger partial charge in [0.05, 0.1) is 29.5 Å². The number of quaternary nitrogens is 1. The number of nitrogens with zero attached hydrogens (tertiary/aromatic N) is 3. The van der Waals surface area contributed by atoms with E-state index in [2.05, 4.69) is 5.10 Å². The SMILES string of the molecule is CC(C)c1c(N2CCC([NH2+]C=CC(=N)C(F)(F)F)C2=O)cnn1-c1ccc(F)cc1. The second-order valence-corrected chi connectivity index (χ2v) is 7.31. The molecule has 1 aromatic carbocycles. The van der Waals surface area contributed by atoms with Gasteiger partial charge in [-0.15, -0.1) is 0 Å². The molecule has 1 saturated heterocycles. The van der Waals surface area contributed by atoms with Crippen LogP contribution >= 0.6 is 0 Å². The molecule has 0 bridgehead atoms. The van der Waals surface area contributed by atoms with Crippen LogP contribution in [0.25, 0.3) is 5.69 Å². The molecule has 0 radical (unpaired) electrons. The number of carbonyl (C=O) groups excluding carboxylic acids is 1. The summed E-state index contributed by atoms with van der Waals surface area (Å²) >= 11 is 0. The fourth-order valence-corrected chi connectivity index (χ4v) is 3.39. The first kappa shape index (κ1) is 21.7. The van der Waals surface area contributed by atoms with Crippen molar-refractivity contribution in [3.05, 3.63) is 54.2 Å². The summed E-state index contributed by atoms with van der Waals surface area (Å²) < 4.78 is 52.1. The van der Waals surface area contributed by atoms with Crippen LogP contribution < -0.4 is 10.2 Å². The molecular formula is C20H22F4N5O+. The van der Waals surface area contributed by atoms with Gasteiger partial charge in [-0.25, -0.2) is 9.07 Å². The lowest BCUT2D eigenvalue weighted by Crippen LogP contribution is -2.86. The number of nitrogens with one attached hydrogen (secondary N) is 1. The van der Waals surface area contributed by atoms with Crippen molar-refractivity contribution in [1.29, 1.82) is 5.41 Å². The molecule has 1 aromatic heterocycles. The monoisotopic (exact) mass is 424 g/mol. The lowest BCUT2D eigenvalue weighted by Gasteiger charge is -2.19. The van der Waals surface area contributed by atoms with E-state index in [1.807, 2.05) is 13.8 Å². The average molecular weight is 424 g/mol. The third kappa shape index (κ3) is 4.43. The number of benzene rings is 1. The summed E-state index contributed by atoms with van der Waals surface area (Å²) in [6.45, 7) is 4.31. The maximum Gasteiger partial charge on any atom is 0.432 e. The smallest absolute Gasteiger partial charge is 0.310 e. The maximum absolute atomic E-state index is 13.3. The van der Waals surface area contributed by atoms with Crippen LogP contribution in [0.15, 0.2) is 42.7 Å². The van der Waals surface area contributed by atoms with E-state index in [1.54, 1.807) is 27.9 Å². The minimum Gasteiger partial charge on any atom is -0.310 e. The predicted octanol–water partition coefficient (Wildman–Crippen LogP) is 2.90. The molecule has 1 aliphatic rings. The molecule has 6 nitrogen and oxygen atoms in total. The largest absolute Gasteiger partial charge is 0.432 e. The van der Waals surface area contributed by atoms with Gasteiger partial charge in [-0.3, -0.25) is 10.2 Å². The van der Waals surface area contributed by atoms with E-state index in [1.165, 1.54) is 17.4 Å². The molecule has 2 aromatic rings. The number of carbonyl (C=O) groups is 1. The lowest BCUT2D eigenvalue weighted by molar-refractivity contribution is -0.610. The minimum absolute atomic E-state index is 0.00976. The van der Waals surface area contributed by atoms with E-state index < -0.39 is 17.9 Å². The van der Waals surface area contributed by atoms with Gasteiger partial charge in [-0.2, -0.15) is 18.3 Å². The van der Waals surface area contributed by atoms with Gasteiger partial charge in [-0.05, 0) is 30.2 Å². The van der Waals surface area contributed by atoms with Gasteiger partial charge >= 0.3 is 6.18 Å². The Balaban J connectivity index is 1.80. The first-order chi connectivity index (χ1) is 14.1. The molecule has 1 atom stereocenters. The normalized spacial score (nSPS) is 17.5. The summed E-state index contributed by atoms with van der Waals surface area (Å²) in [7, 11) is 0. The van der Waals surface area contributed by atoms with Crippen molar-refractivity contribution in [3.63, 3.8) is 0 Å². The Kier molecular flexibility index (Phi) is 6.06. The van der Waals surface area contributed by atoms with Crippen molar-refractivity contribution in [2.45, 2.75) is 38.4 Å². The van der Waals surface area contributed by atoms with E-state index >= 15 is 0 Å². The predicted molar refractivity (Wildman–Crippen MR) is 103 cm³/mol. The van der Waals surface area contributed by atoms with Crippen molar-refractivity contribution in [1.82, 2.24) is 9.78 Å². The van der Waals surface area contributed by atoms with E-state index in [0.29, 0.717) is 30.4 Å². The second-order valence-electron chi connectivity index (χ2n) is 7.31. The molecular weight excluding hydrogens is 402 g/mol.